The summed E-state index contributed by atoms with van der Waals surface area (Å²) in [6, 6.07) is 10.1. The van der Waals surface area contributed by atoms with E-state index in [1.807, 2.05) is 36.7 Å². The largest absolute Gasteiger partial charge is 0.360 e. The number of nitrogens with one attached hydrogen (secondary N) is 2. The number of fused-ring (bicyclic) bond motifs is 2. The Balaban J connectivity index is 1.94. The summed E-state index contributed by atoms with van der Waals surface area (Å²) in [6.45, 7) is 0. The van der Waals surface area contributed by atoms with Gasteiger partial charge in [-0.3, -0.25) is 4.98 Å². The number of aromatic amines is 2. The lowest BCUT2D eigenvalue weighted by molar-refractivity contribution is 1.33. The highest BCUT2D eigenvalue weighted by Crippen LogP contribution is 2.23. The van der Waals surface area contributed by atoms with Crippen molar-refractivity contribution in [3.05, 3.63) is 48.9 Å². The summed E-state index contributed by atoms with van der Waals surface area (Å²) in [5, 5.41) is 1.10. The quantitative estimate of drug-likeness (QED) is 0.531. The van der Waals surface area contributed by atoms with Crippen LogP contribution in [0.1, 0.15) is 0 Å². The Morgan fingerprint density at radius 3 is 2.94 bits per heavy atom. The molecule has 0 fully saturated rings. The van der Waals surface area contributed by atoms with Crippen LogP contribution in [0.15, 0.2) is 48.9 Å². The van der Waals surface area contributed by atoms with Gasteiger partial charge >= 0.3 is 0 Å². The lowest BCUT2D eigenvalue weighted by Crippen LogP contribution is -1.83. The van der Waals surface area contributed by atoms with Crippen LogP contribution in [0.2, 0.25) is 0 Å². The number of nitrogens with zero attached hydrogens (tertiary/aromatic N) is 2. The average Bonchev–Trinajstić information content (AvgIpc) is 3.04. The highest BCUT2D eigenvalue weighted by Gasteiger charge is 2.05. The number of aromatic nitrogens is 4. The Bertz CT molecular complexity index is 808. The fourth-order valence-corrected chi connectivity index (χ4v) is 2.19. The minimum absolute atomic E-state index is 0.943. The van der Waals surface area contributed by atoms with Gasteiger partial charge in [-0.25, -0.2) is 4.98 Å². The first-order chi connectivity index (χ1) is 8.90. The Kier molecular flexibility index (Phi) is 1.80. The molecule has 4 heterocycles. The maximum absolute atomic E-state index is 4.62. The molecule has 0 aliphatic rings. The van der Waals surface area contributed by atoms with Crippen LogP contribution in [0.3, 0.4) is 0 Å². The lowest BCUT2D eigenvalue weighted by atomic mass is 10.2. The summed E-state index contributed by atoms with van der Waals surface area (Å²) in [6.07, 6.45) is 5.53. The maximum Gasteiger partial charge on any atom is 0.0886 e. The molecule has 86 valence electrons. The first kappa shape index (κ1) is 9.41. The summed E-state index contributed by atoms with van der Waals surface area (Å²) in [5.41, 5.74) is 5.07. The Morgan fingerprint density at radius 2 is 2.00 bits per heavy atom. The van der Waals surface area contributed by atoms with Crippen molar-refractivity contribution in [1.82, 2.24) is 19.9 Å². The fraction of sp³-hybridized carbons (Fsp3) is 0. The second-order valence-electron chi connectivity index (χ2n) is 4.25. The van der Waals surface area contributed by atoms with Crippen LogP contribution in [-0.2, 0) is 0 Å². The molecule has 0 saturated carbocycles. The lowest BCUT2D eigenvalue weighted by Gasteiger charge is -1.97. The summed E-state index contributed by atoms with van der Waals surface area (Å²) in [7, 11) is 0. The molecular weight excluding hydrogens is 224 g/mol. The monoisotopic (exact) mass is 234 g/mol. The van der Waals surface area contributed by atoms with Crippen molar-refractivity contribution in [2.45, 2.75) is 0 Å². The normalized spacial score (nSPS) is 11.3. The fourth-order valence-electron chi connectivity index (χ4n) is 2.19. The predicted molar refractivity (Wildman–Crippen MR) is 71.2 cm³/mol. The molecule has 0 bridgehead atoms. The van der Waals surface area contributed by atoms with Crippen molar-refractivity contribution in [1.29, 1.82) is 0 Å². The molecule has 4 heteroatoms. The Morgan fingerprint density at radius 1 is 1.00 bits per heavy atom. The number of H-pyrrole nitrogens is 2. The highest BCUT2D eigenvalue weighted by atomic mass is 14.8. The molecule has 0 atom stereocenters. The van der Waals surface area contributed by atoms with Gasteiger partial charge in [0, 0.05) is 29.5 Å². The van der Waals surface area contributed by atoms with Gasteiger partial charge in [0.1, 0.15) is 0 Å². The van der Waals surface area contributed by atoms with Crippen LogP contribution in [0, 0.1) is 0 Å². The van der Waals surface area contributed by atoms with Gasteiger partial charge in [-0.1, -0.05) is 0 Å². The van der Waals surface area contributed by atoms with Crippen molar-refractivity contribution < 1.29 is 0 Å². The molecule has 0 radical (unpaired) electrons. The van der Waals surface area contributed by atoms with E-state index in [-0.39, 0.29) is 0 Å². The van der Waals surface area contributed by atoms with E-state index in [1.54, 1.807) is 6.20 Å². The number of rotatable bonds is 1. The minimum atomic E-state index is 0.943. The van der Waals surface area contributed by atoms with Crippen LogP contribution >= 0.6 is 0 Å². The van der Waals surface area contributed by atoms with E-state index in [2.05, 4.69) is 26.0 Å². The predicted octanol–water partition coefficient (Wildman–Crippen LogP) is 3.11. The molecule has 0 spiro atoms. The summed E-state index contributed by atoms with van der Waals surface area (Å²) in [4.78, 5) is 15.2. The van der Waals surface area contributed by atoms with Crippen molar-refractivity contribution in [3.63, 3.8) is 0 Å². The summed E-state index contributed by atoms with van der Waals surface area (Å²) in [5.74, 6) is 0. The SMILES string of the molecule is c1cc2[nH]c(-c3ccc4[nH]ccc4n3)cc2cn1. The third kappa shape index (κ3) is 1.32. The van der Waals surface area contributed by atoms with E-state index in [0.717, 1.165) is 33.3 Å². The highest BCUT2D eigenvalue weighted by molar-refractivity contribution is 5.85. The van der Waals surface area contributed by atoms with Gasteiger partial charge in [0.15, 0.2) is 0 Å². The molecule has 0 aromatic carbocycles. The molecule has 0 unspecified atom stereocenters. The van der Waals surface area contributed by atoms with Gasteiger partial charge in [0.2, 0.25) is 0 Å². The molecule has 0 aliphatic heterocycles. The Labute approximate surface area is 103 Å². The topological polar surface area (TPSA) is 57.4 Å². The molecule has 18 heavy (non-hydrogen) atoms. The van der Waals surface area contributed by atoms with E-state index < -0.39 is 0 Å². The smallest absolute Gasteiger partial charge is 0.0886 e. The average molecular weight is 234 g/mol. The van der Waals surface area contributed by atoms with E-state index in [4.69, 9.17) is 0 Å². The Hall–Kier alpha value is -2.62. The van der Waals surface area contributed by atoms with E-state index in [0.29, 0.717) is 0 Å². The van der Waals surface area contributed by atoms with E-state index in [9.17, 15) is 0 Å². The standard InChI is InChI=1S/C14H10N4/c1-2-12(18-13-4-6-16-11(1)13)14-7-9-8-15-5-3-10(9)17-14/h1-8,16-17H. The van der Waals surface area contributed by atoms with Crippen molar-refractivity contribution in [3.8, 4) is 11.4 Å². The van der Waals surface area contributed by atoms with E-state index >= 15 is 0 Å². The van der Waals surface area contributed by atoms with Gasteiger partial charge in [-0.2, -0.15) is 0 Å². The van der Waals surface area contributed by atoms with Gasteiger partial charge < -0.3 is 9.97 Å². The van der Waals surface area contributed by atoms with Gasteiger partial charge in [0.25, 0.3) is 0 Å². The van der Waals surface area contributed by atoms with Crippen LogP contribution < -0.4 is 0 Å². The van der Waals surface area contributed by atoms with Crippen LogP contribution in [0.4, 0.5) is 0 Å². The third-order valence-corrected chi connectivity index (χ3v) is 3.10. The minimum Gasteiger partial charge on any atom is -0.360 e. The zero-order valence-corrected chi connectivity index (χ0v) is 9.51. The molecule has 0 amide bonds. The summed E-state index contributed by atoms with van der Waals surface area (Å²) < 4.78 is 0. The molecule has 4 rings (SSSR count). The van der Waals surface area contributed by atoms with Gasteiger partial charge in [-0.05, 0) is 30.3 Å². The molecule has 2 N–H and O–H groups in total. The van der Waals surface area contributed by atoms with Crippen molar-refractivity contribution in [2.24, 2.45) is 0 Å². The van der Waals surface area contributed by atoms with Crippen LogP contribution in [0.5, 0.6) is 0 Å². The third-order valence-electron chi connectivity index (χ3n) is 3.10. The first-order valence-electron chi connectivity index (χ1n) is 5.77. The second-order valence-corrected chi connectivity index (χ2v) is 4.25. The molecule has 4 aromatic rings. The summed E-state index contributed by atoms with van der Waals surface area (Å²) >= 11 is 0. The number of pyridine rings is 2. The van der Waals surface area contributed by atoms with Crippen molar-refractivity contribution in [2.75, 3.05) is 0 Å². The molecule has 0 aliphatic carbocycles. The number of hydrogen-bond acceptors (Lipinski definition) is 2. The second kappa shape index (κ2) is 3.43. The molecular formula is C14H10N4. The zero-order valence-electron chi connectivity index (χ0n) is 9.51. The molecule has 4 aromatic heterocycles. The molecule has 4 nitrogen and oxygen atoms in total. The van der Waals surface area contributed by atoms with Crippen LogP contribution in [0.25, 0.3) is 33.3 Å². The van der Waals surface area contributed by atoms with Gasteiger partial charge in [-0.15, -0.1) is 0 Å². The maximum atomic E-state index is 4.62. The van der Waals surface area contributed by atoms with Crippen LogP contribution in [-0.4, -0.2) is 19.9 Å². The number of hydrogen-bond donors (Lipinski definition) is 2. The molecule has 0 saturated heterocycles. The first-order valence-corrected chi connectivity index (χ1v) is 5.77. The zero-order chi connectivity index (χ0) is 11.9. The van der Waals surface area contributed by atoms with E-state index in [1.165, 1.54) is 0 Å². The van der Waals surface area contributed by atoms with Crippen molar-refractivity contribution >= 4 is 21.9 Å². The van der Waals surface area contributed by atoms with Gasteiger partial charge in [0.05, 0.1) is 22.4 Å².